The second-order valence-electron chi connectivity index (χ2n) is 4.65. The summed E-state index contributed by atoms with van der Waals surface area (Å²) in [7, 11) is 1.45. The van der Waals surface area contributed by atoms with Crippen molar-refractivity contribution in [1.29, 1.82) is 0 Å². The fourth-order valence-electron chi connectivity index (χ4n) is 2.70. The molecule has 2 saturated heterocycles. The minimum absolute atomic E-state index is 0.190. The third kappa shape index (κ3) is 2.30. The van der Waals surface area contributed by atoms with E-state index in [1.165, 1.54) is 7.11 Å². The Morgan fingerprint density at radius 1 is 1.44 bits per heavy atom. The van der Waals surface area contributed by atoms with Gasteiger partial charge in [-0.15, -0.1) is 0 Å². The van der Waals surface area contributed by atoms with Gasteiger partial charge in [-0.05, 0) is 19.9 Å². The van der Waals surface area contributed by atoms with Gasteiger partial charge >= 0.3 is 6.09 Å². The number of rotatable bonds is 0. The van der Waals surface area contributed by atoms with Gasteiger partial charge in [0, 0.05) is 38.3 Å². The van der Waals surface area contributed by atoms with Crippen LogP contribution in [0.15, 0.2) is 0 Å². The maximum Gasteiger partial charge on any atom is 0.409 e. The zero-order valence-electron chi connectivity index (χ0n) is 10.1. The summed E-state index contributed by atoms with van der Waals surface area (Å²) in [6.45, 7) is 6.89. The summed E-state index contributed by atoms with van der Waals surface area (Å²) in [5, 5.41) is 3.44. The molecule has 0 aromatic rings. The Kier molecular flexibility index (Phi) is 3.66. The summed E-state index contributed by atoms with van der Waals surface area (Å²) < 4.78 is 4.78. The lowest BCUT2D eigenvalue weighted by Crippen LogP contribution is -2.57. The zero-order chi connectivity index (χ0) is 11.5. The molecule has 16 heavy (non-hydrogen) atoms. The van der Waals surface area contributed by atoms with Crippen molar-refractivity contribution in [3.05, 3.63) is 0 Å². The second kappa shape index (κ2) is 5.01. The van der Waals surface area contributed by atoms with Gasteiger partial charge in [-0.1, -0.05) is 0 Å². The van der Waals surface area contributed by atoms with Crippen molar-refractivity contribution >= 4 is 6.09 Å². The predicted molar refractivity (Wildman–Crippen MR) is 61.4 cm³/mol. The van der Waals surface area contributed by atoms with Gasteiger partial charge in [0.15, 0.2) is 0 Å². The molecule has 2 heterocycles. The molecule has 5 nitrogen and oxygen atoms in total. The molecule has 92 valence electrons. The Balaban J connectivity index is 2.00. The van der Waals surface area contributed by atoms with Gasteiger partial charge in [0.05, 0.1) is 7.11 Å². The van der Waals surface area contributed by atoms with E-state index < -0.39 is 0 Å². The van der Waals surface area contributed by atoms with Gasteiger partial charge in [-0.25, -0.2) is 4.79 Å². The van der Waals surface area contributed by atoms with E-state index in [4.69, 9.17) is 4.74 Å². The van der Waals surface area contributed by atoms with Crippen molar-refractivity contribution in [2.45, 2.75) is 25.4 Å². The maximum absolute atomic E-state index is 11.5. The summed E-state index contributed by atoms with van der Waals surface area (Å²) in [5.74, 6) is 0. The summed E-state index contributed by atoms with van der Waals surface area (Å²) in [6.07, 6.45) is 0.919. The molecule has 0 radical (unpaired) electrons. The molecule has 1 N–H and O–H groups in total. The number of nitrogens with zero attached hydrogens (tertiary/aromatic N) is 2. The minimum atomic E-state index is -0.190. The number of hydrogen-bond acceptors (Lipinski definition) is 4. The first-order valence-corrected chi connectivity index (χ1v) is 6.01. The first kappa shape index (κ1) is 11.7. The first-order valence-electron chi connectivity index (χ1n) is 6.01. The van der Waals surface area contributed by atoms with Crippen molar-refractivity contribution in [2.75, 3.05) is 39.8 Å². The number of methoxy groups -OCH3 is 1. The molecule has 2 aliphatic rings. The molecule has 5 heteroatoms. The van der Waals surface area contributed by atoms with E-state index in [0.29, 0.717) is 12.1 Å². The molecular weight excluding hydrogens is 206 g/mol. The SMILES string of the molecule is COC(=O)N1CCN2C(C)CNCCC2C1. The van der Waals surface area contributed by atoms with Crippen LogP contribution < -0.4 is 5.32 Å². The summed E-state index contributed by atoms with van der Waals surface area (Å²) >= 11 is 0. The van der Waals surface area contributed by atoms with Crippen LogP contribution in [-0.2, 0) is 4.74 Å². The highest BCUT2D eigenvalue weighted by Crippen LogP contribution is 2.18. The average molecular weight is 227 g/mol. The van der Waals surface area contributed by atoms with Gasteiger partial charge in [-0.3, -0.25) is 4.90 Å². The molecule has 0 aliphatic carbocycles. The number of carbonyl (C=O) groups excluding carboxylic acids is 1. The molecular formula is C11H21N3O2. The van der Waals surface area contributed by atoms with Crippen LogP contribution >= 0.6 is 0 Å². The lowest BCUT2D eigenvalue weighted by Gasteiger charge is -2.42. The highest BCUT2D eigenvalue weighted by Gasteiger charge is 2.33. The van der Waals surface area contributed by atoms with Gasteiger partial charge in [0.2, 0.25) is 0 Å². The highest BCUT2D eigenvalue weighted by atomic mass is 16.5. The third-order valence-corrected chi connectivity index (χ3v) is 3.62. The van der Waals surface area contributed by atoms with Gasteiger partial charge < -0.3 is 15.0 Å². The Morgan fingerprint density at radius 3 is 3.00 bits per heavy atom. The molecule has 0 aromatic heterocycles. The standard InChI is InChI=1S/C11H21N3O2/c1-9-7-12-4-3-10-8-13(11(15)16-2)5-6-14(9)10/h9-10,12H,3-8H2,1-2H3. The number of hydrogen-bond donors (Lipinski definition) is 1. The van der Waals surface area contributed by atoms with Crippen molar-refractivity contribution in [1.82, 2.24) is 15.1 Å². The largest absolute Gasteiger partial charge is 0.453 e. The smallest absolute Gasteiger partial charge is 0.409 e. The average Bonchev–Trinajstić information content (AvgIpc) is 2.50. The molecule has 0 saturated carbocycles. The van der Waals surface area contributed by atoms with E-state index in [9.17, 15) is 4.79 Å². The van der Waals surface area contributed by atoms with Crippen molar-refractivity contribution < 1.29 is 9.53 Å². The molecule has 0 bridgehead atoms. The number of carbonyl (C=O) groups is 1. The number of nitrogens with one attached hydrogen (secondary N) is 1. The summed E-state index contributed by atoms with van der Waals surface area (Å²) in [6, 6.07) is 1.05. The number of fused-ring (bicyclic) bond motifs is 1. The first-order chi connectivity index (χ1) is 7.72. The molecule has 2 fully saturated rings. The molecule has 1 amide bonds. The van der Waals surface area contributed by atoms with Crippen LogP contribution in [0, 0.1) is 0 Å². The van der Waals surface area contributed by atoms with Crippen LogP contribution in [0.2, 0.25) is 0 Å². The number of ether oxygens (including phenoxy) is 1. The quantitative estimate of drug-likeness (QED) is 0.638. The summed E-state index contributed by atoms with van der Waals surface area (Å²) in [4.78, 5) is 15.8. The van der Waals surface area contributed by atoms with Crippen LogP contribution in [0.4, 0.5) is 4.79 Å². The normalized spacial score (nSPS) is 31.8. The third-order valence-electron chi connectivity index (χ3n) is 3.62. The van der Waals surface area contributed by atoms with Crippen LogP contribution in [0.3, 0.4) is 0 Å². The molecule has 2 rings (SSSR count). The van der Waals surface area contributed by atoms with E-state index in [2.05, 4.69) is 17.1 Å². The molecule has 2 aliphatic heterocycles. The van der Waals surface area contributed by atoms with Gasteiger partial charge in [0.1, 0.15) is 0 Å². The maximum atomic E-state index is 11.5. The Hall–Kier alpha value is -0.810. The van der Waals surface area contributed by atoms with E-state index in [0.717, 1.165) is 39.1 Å². The van der Waals surface area contributed by atoms with E-state index in [-0.39, 0.29) is 6.09 Å². The fraction of sp³-hybridized carbons (Fsp3) is 0.909. The van der Waals surface area contributed by atoms with Crippen LogP contribution in [0.25, 0.3) is 0 Å². The van der Waals surface area contributed by atoms with E-state index in [1.54, 1.807) is 0 Å². The lowest BCUT2D eigenvalue weighted by molar-refractivity contribution is 0.0449. The van der Waals surface area contributed by atoms with Crippen molar-refractivity contribution in [2.24, 2.45) is 0 Å². The molecule has 0 aromatic carbocycles. The Morgan fingerprint density at radius 2 is 2.25 bits per heavy atom. The van der Waals surface area contributed by atoms with Crippen molar-refractivity contribution in [3.63, 3.8) is 0 Å². The number of piperazine rings is 1. The van der Waals surface area contributed by atoms with Gasteiger partial charge in [-0.2, -0.15) is 0 Å². The zero-order valence-corrected chi connectivity index (χ0v) is 10.1. The van der Waals surface area contributed by atoms with E-state index in [1.807, 2.05) is 4.90 Å². The van der Waals surface area contributed by atoms with Crippen LogP contribution in [0.1, 0.15) is 13.3 Å². The highest BCUT2D eigenvalue weighted by molar-refractivity contribution is 5.67. The van der Waals surface area contributed by atoms with E-state index >= 15 is 0 Å². The predicted octanol–water partition coefficient (Wildman–Crippen LogP) is 0.121. The Labute approximate surface area is 96.7 Å². The van der Waals surface area contributed by atoms with Crippen molar-refractivity contribution in [3.8, 4) is 0 Å². The molecule has 2 unspecified atom stereocenters. The summed E-state index contributed by atoms with van der Waals surface area (Å²) in [5.41, 5.74) is 0. The van der Waals surface area contributed by atoms with Crippen LogP contribution in [-0.4, -0.2) is 67.8 Å². The second-order valence-corrected chi connectivity index (χ2v) is 4.65. The topological polar surface area (TPSA) is 44.8 Å². The lowest BCUT2D eigenvalue weighted by atomic mass is 10.1. The Bertz CT molecular complexity index is 260. The van der Waals surface area contributed by atoms with Gasteiger partial charge in [0.25, 0.3) is 0 Å². The fourth-order valence-corrected chi connectivity index (χ4v) is 2.70. The monoisotopic (exact) mass is 227 g/mol. The molecule has 2 atom stereocenters. The minimum Gasteiger partial charge on any atom is -0.453 e. The number of amides is 1. The van der Waals surface area contributed by atoms with Crippen LogP contribution in [0.5, 0.6) is 0 Å². The molecule has 0 spiro atoms.